The van der Waals surface area contributed by atoms with Crippen LogP contribution in [0.5, 0.6) is 0 Å². The van der Waals surface area contributed by atoms with Gasteiger partial charge in [-0.1, -0.05) is 0 Å². The average Bonchev–Trinajstić information content (AvgIpc) is 2.76. The highest BCUT2D eigenvalue weighted by atomic mass is 16.3. The summed E-state index contributed by atoms with van der Waals surface area (Å²) < 4.78 is 0. The van der Waals surface area contributed by atoms with Gasteiger partial charge in [0, 0.05) is 50.5 Å². The van der Waals surface area contributed by atoms with Gasteiger partial charge >= 0.3 is 0 Å². The minimum atomic E-state index is -0.393. The van der Waals surface area contributed by atoms with E-state index in [1.54, 1.807) is 19.2 Å². The van der Waals surface area contributed by atoms with Crippen molar-refractivity contribution in [3.63, 3.8) is 0 Å². The van der Waals surface area contributed by atoms with Crippen LogP contribution in [0.3, 0.4) is 0 Å². The van der Waals surface area contributed by atoms with Crippen LogP contribution in [0.1, 0.15) is 53.3 Å². The number of piperidine rings is 1. The van der Waals surface area contributed by atoms with Gasteiger partial charge in [0.05, 0.1) is 5.56 Å². The molecule has 0 aliphatic carbocycles. The maximum Gasteiger partial charge on any atom is 0.254 e. The molecule has 1 fully saturated rings. The summed E-state index contributed by atoms with van der Waals surface area (Å²) >= 11 is 0. The molecule has 8 heteroatoms. The van der Waals surface area contributed by atoms with Crippen LogP contribution in [-0.4, -0.2) is 67.3 Å². The molecule has 0 saturated carbocycles. The summed E-state index contributed by atoms with van der Waals surface area (Å²) in [4.78, 5) is 49.9. The molecule has 1 atom stereocenters. The van der Waals surface area contributed by atoms with Crippen LogP contribution in [0.4, 0.5) is 5.69 Å². The lowest BCUT2D eigenvalue weighted by atomic mass is 9.97. The lowest BCUT2D eigenvalue weighted by Crippen LogP contribution is -2.37. The van der Waals surface area contributed by atoms with E-state index in [1.165, 1.54) is 4.90 Å². The fraction of sp³-hybridized carbons (Fsp3) is 0.524. The van der Waals surface area contributed by atoms with E-state index in [0.29, 0.717) is 36.2 Å². The Kier molecular flexibility index (Phi) is 8.33. The van der Waals surface area contributed by atoms with Gasteiger partial charge in [-0.15, -0.1) is 0 Å². The molecule has 1 aliphatic heterocycles. The molecule has 158 valence electrons. The van der Waals surface area contributed by atoms with Crippen LogP contribution < -0.4 is 10.2 Å². The van der Waals surface area contributed by atoms with Crippen molar-refractivity contribution < 1.29 is 24.3 Å². The molecule has 0 spiro atoms. The van der Waals surface area contributed by atoms with E-state index in [0.717, 1.165) is 31.6 Å². The predicted octanol–water partition coefficient (Wildman–Crippen LogP) is 1.22. The Bertz CT molecular complexity index is 744. The Morgan fingerprint density at radius 3 is 2.59 bits per heavy atom. The maximum absolute atomic E-state index is 12.9. The number of benzene rings is 1. The number of hydrogen-bond donors (Lipinski definition) is 2. The lowest BCUT2D eigenvalue weighted by Gasteiger charge is -2.33. The van der Waals surface area contributed by atoms with Crippen LogP contribution in [0.15, 0.2) is 18.2 Å². The van der Waals surface area contributed by atoms with Gasteiger partial charge < -0.3 is 14.9 Å². The third-order valence-corrected chi connectivity index (χ3v) is 5.62. The van der Waals surface area contributed by atoms with Crippen molar-refractivity contribution in [1.82, 2.24) is 10.2 Å². The quantitative estimate of drug-likeness (QED) is 0.601. The van der Waals surface area contributed by atoms with E-state index in [4.69, 9.17) is 0 Å². The van der Waals surface area contributed by atoms with Crippen molar-refractivity contribution >= 4 is 30.2 Å². The molecule has 0 bridgehead atoms. The zero-order valence-corrected chi connectivity index (χ0v) is 17.0. The number of imide groups is 1. The molecule has 2 N–H and O–H groups in total. The zero-order valence-electron chi connectivity index (χ0n) is 17.0. The number of aliphatic hydroxyl groups excluding tert-OH is 1. The molecule has 1 aliphatic rings. The molecule has 1 saturated heterocycles. The number of anilines is 1. The predicted molar refractivity (Wildman–Crippen MR) is 109 cm³/mol. The minimum absolute atomic E-state index is 0.126. The van der Waals surface area contributed by atoms with Gasteiger partial charge in [-0.2, -0.15) is 0 Å². The van der Waals surface area contributed by atoms with E-state index in [2.05, 4.69) is 10.2 Å². The van der Waals surface area contributed by atoms with Crippen molar-refractivity contribution in [3.8, 4) is 0 Å². The SMILES string of the molecule is CC(CCC(=O)NC=O)N(C)C(=O)c1ccc(N2CCC(CO)CC2)cc1C=O. The summed E-state index contributed by atoms with van der Waals surface area (Å²) in [7, 11) is 1.63. The van der Waals surface area contributed by atoms with Crippen LogP contribution in [0.25, 0.3) is 0 Å². The highest BCUT2D eigenvalue weighted by molar-refractivity contribution is 6.02. The van der Waals surface area contributed by atoms with E-state index in [-0.39, 0.29) is 25.0 Å². The van der Waals surface area contributed by atoms with Gasteiger partial charge in [0.2, 0.25) is 12.3 Å². The summed E-state index contributed by atoms with van der Waals surface area (Å²) in [5, 5.41) is 11.3. The van der Waals surface area contributed by atoms with Crippen molar-refractivity contribution in [2.45, 2.75) is 38.6 Å². The van der Waals surface area contributed by atoms with E-state index in [1.807, 2.05) is 13.0 Å². The second-order valence-corrected chi connectivity index (χ2v) is 7.49. The monoisotopic (exact) mass is 403 g/mol. The Morgan fingerprint density at radius 2 is 2.00 bits per heavy atom. The summed E-state index contributed by atoms with van der Waals surface area (Å²) in [6, 6.07) is 5.00. The summed E-state index contributed by atoms with van der Waals surface area (Å²) in [6.07, 6.45) is 3.34. The molecule has 0 aromatic heterocycles. The fourth-order valence-corrected chi connectivity index (χ4v) is 3.47. The molecule has 8 nitrogen and oxygen atoms in total. The average molecular weight is 403 g/mol. The number of aldehydes is 1. The largest absolute Gasteiger partial charge is 0.396 e. The fourth-order valence-electron chi connectivity index (χ4n) is 3.47. The van der Waals surface area contributed by atoms with Gasteiger partial charge in [0.25, 0.3) is 5.91 Å². The highest BCUT2D eigenvalue weighted by Crippen LogP contribution is 2.25. The second kappa shape index (κ2) is 10.7. The number of carbonyl (C=O) groups is 4. The highest BCUT2D eigenvalue weighted by Gasteiger charge is 2.23. The zero-order chi connectivity index (χ0) is 21.4. The summed E-state index contributed by atoms with van der Waals surface area (Å²) in [5.41, 5.74) is 1.54. The van der Waals surface area contributed by atoms with Crippen LogP contribution >= 0.6 is 0 Å². The third kappa shape index (κ3) is 5.87. The second-order valence-electron chi connectivity index (χ2n) is 7.49. The van der Waals surface area contributed by atoms with Crippen molar-refractivity contribution in [2.75, 3.05) is 31.6 Å². The van der Waals surface area contributed by atoms with Crippen molar-refractivity contribution in [2.24, 2.45) is 5.92 Å². The first-order chi connectivity index (χ1) is 13.9. The topological polar surface area (TPSA) is 107 Å². The van der Waals surface area contributed by atoms with Crippen LogP contribution in [0, 0.1) is 5.92 Å². The Morgan fingerprint density at radius 1 is 1.31 bits per heavy atom. The van der Waals surface area contributed by atoms with E-state index in [9.17, 15) is 24.3 Å². The molecular weight excluding hydrogens is 374 g/mol. The Hall–Kier alpha value is -2.74. The Balaban J connectivity index is 2.07. The van der Waals surface area contributed by atoms with Crippen LogP contribution in [0.2, 0.25) is 0 Å². The normalized spacial score (nSPS) is 15.5. The maximum atomic E-state index is 12.9. The van der Waals surface area contributed by atoms with E-state index >= 15 is 0 Å². The molecule has 3 amide bonds. The van der Waals surface area contributed by atoms with Gasteiger partial charge in [0.1, 0.15) is 0 Å². The first-order valence-corrected chi connectivity index (χ1v) is 9.86. The number of aliphatic hydroxyl groups is 1. The molecule has 2 rings (SSSR count). The van der Waals surface area contributed by atoms with Crippen molar-refractivity contribution in [3.05, 3.63) is 29.3 Å². The molecule has 0 radical (unpaired) electrons. The third-order valence-electron chi connectivity index (χ3n) is 5.62. The van der Waals surface area contributed by atoms with Gasteiger partial charge in [-0.05, 0) is 50.3 Å². The lowest BCUT2D eigenvalue weighted by molar-refractivity contribution is -0.125. The molecule has 1 aromatic rings. The van der Waals surface area contributed by atoms with Crippen LogP contribution in [-0.2, 0) is 9.59 Å². The number of hydrogen-bond acceptors (Lipinski definition) is 6. The van der Waals surface area contributed by atoms with Gasteiger partial charge in [-0.3, -0.25) is 24.5 Å². The first-order valence-electron chi connectivity index (χ1n) is 9.86. The Labute approximate surface area is 170 Å². The summed E-state index contributed by atoms with van der Waals surface area (Å²) in [6.45, 7) is 3.61. The number of amides is 3. The smallest absolute Gasteiger partial charge is 0.254 e. The van der Waals surface area contributed by atoms with E-state index < -0.39 is 5.91 Å². The molecule has 1 aromatic carbocycles. The number of nitrogens with one attached hydrogen (secondary N) is 1. The first kappa shape index (κ1) is 22.5. The standard InChI is InChI=1S/C21H29N3O5/c1-15(3-6-20(28)22-14-27)23(2)21(29)19-5-4-18(11-17(19)13-26)24-9-7-16(12-25)8-10-24/h4-5,11,13-16,25H,3,6-10,12H2,1-2H3,(H,22,27,28). The molecular formula is C21H29N3O5. The number of carbonyl (C=O) groups excluding carboxylic acids is 4. The van der Waals surface area contributed by atoms with Crippen molar-refractivity contribution in [1.29, 1.82) is 0 Å². The van der Waals surface area contributed by atoms with Gasteiger partial charge in [-0.25, -0.2) is 0 Å². The number of nitrogens with zero attached hydrogens (tertiary/aromatic N) is 2. The minimum Gasteiger partial charge on any atom is -0.396 e. The molecule has 1 unspecified atom stereocenters. The molecule has 29 heavy (non-hydrogen) atoms. The summed E-state index contributed by atoms with van der Waals surface area (Å²) in [5.74, 6) is -0.363. The number of rotatable bonds is 9. The molecule has 1 heterocycles. The van der Waals surface area contributed by atoms with Gasteiger partial charge in [0.15, 0.2) is 6.29 Å².